The molecule has 1 saturated heterocycles. The van der Waals surface area contributed by atoms with Gasteiger partial charge in [-0.2, -0.15) is 0 Å². The van der Waals surface area contributed by atoms with Crippen LogP contribution in [0.2, 0.25) is 5.02 Å². The van der Waals surface area contributed by atoms with Crippen LogP contribution >= 0.6 is 23.4 Å². The van der Waals surface area contributed by atoms with E-state index in [9.17, 15) is 14.4 Å². The van der Waals surface area contributed by atoms with Crippen molar-refractivity contribution >= 4 is 46.6 Å². The highest BCUT2D eigenvalue weighted by atomic mass is 35.5. The molecule has 0 bridgehead atoms. The van der Waals surface area contributed by atoms with Gasteiger partial charge in [0.15, 0.2) is 18.1 Å². The van der Waals surface area contributed by atoms with Gasteiger partial charge in [-0.15, -0.1) is 0 Å². The number of ether oxygens (including phenoxy) is 3. The topological polar surface area (TPSA) is 102 Å². The Bertz CT molecular complexity index is 1020. The molecule has 1 N–H and O–H groups in total. The zero-order valence-electron chi connectivity index (χ0n) is 16.4. The molecule has 0 unspecified atom stereocenters. The van der Waals surface area contributed by atoms with Gasteiger partial charge >= 0.3 is 5.97 Å². The molecule has 0 radical (unpaired) electrons. The lowest BCUT2D eigenvalue weighted by molar-refractivity contribution is -0.139. The number of carbonyl (C=O) groups excluding carboxylic acids is 2. The summed E-state index contributed by atoms with van der Waals surface area (Å²) in [5, 5.41) is 9.05. The maximum Gasteiger partial charge on any atom is 0.341 e. The Morgan fingerprint density at radius 3 is 2.58 bits per heavy atom. The normalized spacial score (nSPS) is 14.8. The van der Waals surface area contributed by atoms with Gasteiger partial charge in [-0.1, -0.05) is 23.7 Å². The van der Waals surface area contributed by atoms with Crippen LogP contribution in [-0.2, 0) is 9.59 Å². The monoisotopic (exact) mass is 463 g/mol. The standard InChI is InChI=1S/C21H18ClNO7S/c1-28-16-4-2-3-13(19(16)30-12-18(24)25)11-17-20(26)23(21(27)31-17)9-10-29-15-7-5-14(22)6-8-15/h2-8,11H,9-10,12H2,1H3,(H,24,25)/b17-11-. The van der Waals surface area contributed by atoms with Crippen LogP contribution in [0.3, 0.4) is 0 Å². The summed E-state index contributed by atoms with van der Waals surface area (Å²) in [7, 11) is 1.42. The largest absolute Gasteiger partial charge is 0.493 e. The van der Waals surface area contributed by atoms with Gasteiger partial charge < -0.3 is 19.3 Å². The minimum absolute atomic E-state index is 0.0745. The highest BCUT2D eigenvalue weighted by Crippen LogP contribution is 2.37. The summed E-state index contributed by atoms with van der Waals surface area (Å²) >= 11 is 6.61. The van der Waals surface area contributed by atoms with Crippen molar-refractivity contribution in [3.63, 3.8) is 0 Å². The number of amides is 2. The van der Waals surface area contributed by atoms with Gasteiger partial charge in [0, 0.05) is 10.6 Å². The molecule has 3 rings (SSSR count). The van der Waals surface area contributed by atoms with Crippen molar-refractivity contribution in [1.82, 2.24) is 4.90 Å². The Labute approximate surface area is 187 Å². The summed E-state index contributed by atoms with van der Waals surface area (Å²) < 4.78 is 16.1. The van der Waals surface area contributed by atoms with E-state index in [1.165, 1.54) is 13.2 Å². The summed E-state index contributed by atoms with van der Waals surface area (Å²) in [6.45, 7) is -0.380. The minimum Gasteiger partial charge on any atom is -0.493 e. The third kappa shape index (κ3) is 5.71. The molecule has 2 aromatic rings. The average Bonchev–Trinajstić information content (AvgIpc) is 3.01. The molecule has 8 nitrogen and oxygen atoms in total. The first-order valence-electron chi connectivity index (χ1n) is 9.04. The molecule has 1 fully saturated rings. The molecule has 0 saturated carbocycles. The molecular weight excluding hydrogens is 446 g/mol. The first kappa shape index (κ1) is 22.5. The number of carbonyl (C=O) groups is 3. The molecule has 162 valence electrons. The van der Waals surface area contributed by atoms with E-state index in [2.05, 4.69) is 0 Å². The number of thioether (sulfide) groups is 1. The van der Waals surface area contributed by atoms with E-state index in [1.807, 2.05) is 0 Å². The molecule has 2 aromatic carbocycles. The number of halogens is 1. The van der Waals surface area contributed by atoms with Crippen LogP contribution in [0.5, 0.6) is 17.2 Å². The second kappa shape index (κ2) is 10.2. The summed E-state index contributed by atoms with van der Waals surface area (Å²) in [5.74, 6) is -0.570. The quantitative estimate of drug-likeness (QED) is 0.558. The number of aliphatic carboxylic acids is 1. The number of benzene rings is 2. The molecule has 0 spiro atoms. The number of imide groups is 1. The van der Waals surface area contributed by atoms with Crippen LogP contribution < -0.4 is 14.2 Å². The van der Waals surface area contributed by atoms with E-state index in [4.69, 9.17) is 30.9 Å². The molecule has 1 aliphatic rings. The lowest BCUT2D eigenvalue weighted by Crippen LogP contribution is -2.32. The number of carboxylic acids is 1. The molecule has 1 aliphatic heterocycles. The van der Waals surface area contributed by atoms with Gasteiger partial charge in [0.1, 0.15) is 12.4 Å². The van der Waals surface area contributed by atoms with E-state index < -0.39 is 23.7 Å². The lowest BCUT2D eigenvalue weighted by Gasteiger charge is -2.13. The number of rotatable bonds is 9. The second-order valence-electron chi connectivity index (χ2n) is 6.20. The van der Waals surface area contributed by atoms with E-state index in [0.29, 0.717) is 22.1 Å². The molecule has 0 aromatic heterocycles. The maximum atomic E-state index is 12.7. The Hall–Kier alpha value is -3.17. The number of para-hydroxylation sites is 1. The van der Waals surface area contributed by atoms with Crippen molar-refractivity contribution in [2.24, 2.45) is 0 Å². The zero-order valence-corrected chi connectivity index (χ0v) is 17.9. The van der Waals surface area contributed by atoms with Crippen molar-refractivity contribution in [2.45, 2.75) is 0 Å². The van der Waals surface area contributed by atoms with Crippen LogP contribution in [0.4, 0.5) is 4.79 Å². The molecular formula is C21H18ClNO7S. The molecule has 10 heteroatoms. The summed E-state index contributed by atoms with van der Waals surface area (Å²) in [4.78, 5) is 37.2. The van der Waals surface area contributed by atoms with Crippen molar-refractivity contribution in [3.8, 4) is 17.2 Å². The number of nitrogens with zero attached hydrogens (tertiary/aromatic N) is 1. The van der Waals surface area contributed by atoms with Gasteiger partial charge in [0.05, 0.1) is 18.6 Å². The Morgan fingerprint density at radius 1 is 1.16 bits per heavy atom. The minimum atomic E-state index is -1.15. The maximum absolute atomic E-state index is 12.7. The Morgan fingerprint density at radius 2 is 1.90 bits per heavy atom. The fraction of sp³-hybridized carbons (Fsp3) is 0.190. The predicted octanol–water partition coefficient (Wildman–Crippen LogP) is 3.93. The van der Waals surface area contributed by atoms with Gasteiger partial charge in [-0.05, 0) is 48.2 Å². The summed E-state index contributed by atoms with van der Waals surface area (Å²) in [6.07, 6.45) is 1.48. The fourth-order valence-electron chi connectivity index (χ4n) is 2.72. The SMILES string of the molecule is COc1cccc(/C=C2\SC(=O)N(CCOc3ccc(Cl)cc3)C2=O)c1OCC(=O)O. The molecule has 2 amide bonds. The highest BCUT2D eigenvalue weighted by Gasteiger charge is 2.35. The first-order valence-corrected chi connectivity index (χ1v) is 10.2. The first-order chi connectivity index (χ1) is 14.9. The van der Waals surface area contributed by atoms with Crippen molar-refractivity contribution in [1.29, 1.82) is 0 Å². The zero-order chi connectivity index (χ0) is 22.4. The predicted molar refractivity (Wildman–Crippen MR) is 116 cm³/mol. The van der Waals surface area contributed by atoms with Crippen LogP contribution in [0.25, 0.3) is 6.08 Å². The van der Waals surface area contributed by atoms with E-state index in [0.717, 1.165) is 16.7 Å². The number of hydrogen-bond acceptors (Lipinski definition) is 7. The summed E-state index contributed by atoms with van der Waals surface area (Å²) in [5.41, 5.74) is 0.420. The van der Waals surface area contributed by atoms with Crippen molar-refractivity contribution in [3.05, 3.63) is 58.0 Å². The van der Waals surface area contributed by atoms with Crippen LogP contribution in [0.15, 0.2) is 47.4 Å². The number of hydrogen-bond donors (Lipinski definition) is 1. The van der Waals surface area contributed by atoms with Crippen molar-refractivity contribution < 1.29 is 33.7 Å². The fourth-order valence-corrected chi connectivity index (χ4v) is 3.70. The Kier molecular flexibility index (Phi) is 7.43. The molecule has 31 heavy (non-hydrogen) atoms. The molecule has 0 aliphatic carbocycles. The number of methoxy groups -OCH3 is 1. The Balaban J connectivity index is 1.72. The smallest absolute Gasteiger partial charge is 0.341 e. The molecule has 0 atom stereocenters. The van der Waals surface area contributed by atoms with Gasteiger partial charge in [0.25, 0.3) is 11.1 Å². The second-order valence-corrected chi connectivity index (χ2v) is 7.63. The highest BCUT2D eigenvalue weighted by molar-refractivity contribution is 8.18. The van der Waals surface area contributed by atoms with E-state index >= 15 is 0 Å². The average molecular weight is 464 g/mol. The van der Waals surface area contributed by atoms with Crippen LogP contribution in [-0.4, -0.2) is 54.0 Å². The van der Waals surface area contributed by atoms with Gasteiger partial charge in [-0.3, -0.25) is 14.5 Å². The van der Waals surface area contributed by atoms with Gasteiger partial charge in [-0.25, -0.2) is 4.79 Å². The van der Waals surface area contributed by atoms with E-state index in [-0.39, 0.29) is 23.8 Å². The van der Waals surface area contributed by atoms with E-state index in [1.54, 1.807) is 42.5 Å². The third-order valence-electron chi connectivity index (χ3n) is 4.13. The number of carboxylic acid groups (broad SMARTS) is 1. The lowest BCUT2D eigenvalue weighted by atomic mass is 10.1. The van der Waals surface area contributed by atoms with Crippen molar-refractivity contribution in [2.75, 3.05) is 26.9 Å². The molecule has 1 heterocycles. The third-order valence-corrected chi connectivity index (χ3v) is 5.29. The van der Waals surface area contributed by atoms with Crippen LogP contribution in [0, 0.1) is 0 Å². The van der Waals surface area contributed by atoms with Crippen LogP contribution in [0.1, 0.15) is 5.56 Å². The summed E-state index contributed by atoms with van der Waals surface area (Å²) in [6, 6.07) is 11.7. The van der Waals surface area contributed by atoms with Gasteiger partial charge in [0.2, 0.25) is 0 Å².